The zero-order valence-corrected chi connectivity index (χ0v) is 9.03. The molecule has 86 valence electrons. The molecule has 0 fully saturated rings. The largest absolute Gasteiger partial charge is 0.479 e. The van der Waals surface area contributed by atoms with E-state index >= 15 is 0 Å². The van der Waals surface area contributed by atoms with Gasteiger partial charge >= 0.3 is 5.97 Å². The van der Waals surface area contributed by atoms with Crippen LogP contribution in [0.1, 0.15) is 18.1 Å². The molecule has 0 aliphatic carbocycles. The maximum absolute atomic E-state index is 13.2. The van der Waals surface area contributed by atoms with Crippen molar-refractivity contribution in [3.05, 3.63) is 35.1 Å². The highest BCUT2D eigenvalue weighted by Gasteiger charge is 2.03. The van der Waals surface area contributed by atoms with Gasteiger partial charge in [0.1, 0.15) is 5.82 Å². The van der Waals surface area contributed by atoms with Crippen molar-refractivity contribution >= 4 is 11.7 Å². The first-order valence-electron chi connectivity index (χ1n) is 4.65. The molecule has 5 heteroatoms. The SMILES string of the molecule is CC(=NOCC(=O)O)c1ccc(C)c(F)c1. The van der Waals surface area contributed by atoms with Gasteiger partial charge in [0, 0.05) is 5.56 Å². The van der Waals surface area contributed by atoms with Gasteiger partial charge < -0.3 is 9.94 Å². The number of rotatable bonds is 4. The summed E-state index contributed by atoms with van der Waals surface area (Å²) in [5.74, 6) is -1.43. The molecule has 1 rings (SSSR count). The molecule has 0 bridgehead atoms. The predicted molar refractivity (Wildman–Crippen MR) is 56.9 cm³/mol. The van der Waals surface area contributed by atoms with Crippen molar-refractivity contribution in [2.45, 2.75) is 13.8 Å². The maximum atomic E-state index is 13.2. The minimum atomic E-state index is -1.10. The van der Waals surface area contributed by atoms with E-state index in [0.29, 0.717) is 16.8 Å². The standard InChI is InChI=1S/C11H12FNO3/c1-7-3-4-9(5-10(7)12)8(2)13-16-6-11(14)15/h3-5H,6H2,1-2H3,(H,14,15). The molecule has 1 aromatic rings. The first kappa shape index (κ1) is 12.2. The topological polar surface area (TPSA) is 58.9 Å². The summed E-state index contributed by atoms with van der Waals surface area (Å²) >= 11 is 0. The molecule has 0 aliphatic heterocycles. The summed E-state index contributed by atoms with van der Waals surface area (Å²) in [6.07, 6.45) is 0. The fraction of sp³-hybridized carbons (Fsp3) is 0.273. The van der Waals surface area contributed by atoms with E-state index in [0.717, 1.165) is 0 Å². The summed E-state index contributed by atoms with van der Waals surface area (Å²) in [5, 5.41) is 11.9. The lowest BCUT2D eigenvalue weighted by Gasteiger charge is -2.02. The van der Waals surface area contributed by atoms with Crippen molar-refractivity contribution in [1.82, 2.24) is 0 Å². The molecule has 1 N–H and O–H groups in total. The van der Waals surface area contributed by atoms with E-state index < -0.39 is 12.6 Å². The molecule has 0 saturated carbocycles. The average molecular weight is 225 g/mol. The van der Waals surface area contributed by atoms with Crippen LogP contribution in [0.25, 0.3) is 0 Å². The Labute approximate surface area is 92.3 Å². The number of carbonyl (C=O) groups is 1. The number of carboxylic acid groups (broad SMARTS) is 1. The van der Waals surface area contributed by atoms with E-state index in [-0.39, 0.29) is 5.82 Å². The summed E-state index contributed by atoms with van der Waals surface area (Å²) in [6, 6.07) is 4.65. The molecular weight excluding hydrogens is 213 g/mol. The van der Waals surface area contributed by atoms with Crippen LogP contribution < -0.4 is 0 Å². The Morgan fingerprint density at radius 3 is 2.81 bits per heavy atom. The monoisotopic (exact) mass is 225 g/mol. The lowest BCUT2D eigenvalue weighted by Crippen LogP contribution is -2.05. The number of hydrogen-bond acceptors (Lipinski definition) is 3. The molecule has 0 radical (unpaired) electrons. The van der Waals surface area contributed by atoms with Gasteiger partial charge in [-0.3, -0.25) is 0 Å². The van der Waals surface area contributed by atoms with E-state index in [1.54, 1.807) is 26.0 Å². The van der Waals surface area contributed by atoms with Crippen LogP contribution in [0.4, 0.5) is 4.39 Å². The molecule has 0 spiro atoms. The Kier molecular flexibility index (Phi) is 3.99. The van der Waals surface area contributed by atoms with Crippen LogP contribution in [-0.2, 0) is 9.63 Å². The van der Waals surface area contributed by atoms with Gasteiger partial charge in [-0.25, -0.2) is 9.18 Å². The Bertz CT molecular complexity index is 429. The second-order valence-corrected chi connectivity index (χ2v) is 3.31. The fourth-order valence-electron chi connectivity index (χ4n) is 1.05. The van der Waals surface area contributed by atoms with Crippen LogP contribution in [0.3, 0.4) is 0 Å². The summed E-state index contributed by atoms with van der Waals surface area (Å²) in [5.41, 5.74) is 1.54. The van der Waals surface area contributed by atoms with Crippen LogP contribution in [-0.4, -0.2) is 23.4 Å². The minimum absolute atomic E-state index is 0.328. The van der Waals surface area contributed by atoms with E-state index in [2.05, 4.69) is 9.99 Å². The van der Waals surface area contributed by atoms with Crippen molar-refractivity contribution in [2.75, 3.05) is 6.61 Å². The Balaban J connectivity index is 2.75. The highest BCUT2D eigenvalue weighted by Crippen LogP contribution is 2.10. The number of aliphatic carboxylic acids is 1. The summed E-state index contributed by atoms with van der Waals surface area (Å²) < 4.78 is 13.2. The van der Waals surface area contributed by atoms with Gasteiger partial charge in [-0.2, -0.15) is 0 Å². The Morgan fingerprint density at radius 2 is 2.25 bits per heavy atom. The zero-order chi connectivity index (χ0) is 12.1. The Hall–Kier alpha value is -1.91. The molecule has 0 aliphatic rings. The number of oxime groups is 1. The maximum Gasteiger partial charge on any atom is 0.344 e. The van der Waals surface area contributed by atoms with Crippen LogP contribution >= 0.6 is 0 Å². The zero-order valence-electron chi connectivity index (χ0n) is 9.03. The molecule has 16 heavy (non-hydrogen) atoms. The number of nitrogens with zero attached hydrogens (tertiary/aromatic N) is 1. The lowest BCUT2D eigenvalue weighted by atomic mass is 10.1. The molecular formula is C11H12FNO3. The van der Waals surface area contributed by atoms with Crippen LogP contribution in [0.15, 0.2) is 23.4 Å². The van der Waals surface area contributed by atoms with Gasteiger partial charge in [-0.15, -0.1) is 0 Å². The second-order valence-electron chi connectivity index (χ2n) is 3.31. The molecule has 4 nitrogen and oxygen atoms in total. The number of hydrogen-bond donors (Lipinski definition) is 1. The van der Waals surface area contributed by atoms with Crippen LogP contribution in [0.2, 0.25) is 0 Å². The van der Waals surface area contributed by atoms with Crippen molar-refractivity contribution in [3.63, 3.8) is 0 Å². The quantitative estimate of drug-likeness (QED) is 0.629. The van der Waals surface area contributed by atoms with E-state index in [1.165, 1.54) is 6.07 Å². The van der Waals surface area contributed by atoms with Crippen LogP contribution in [0, 0.1) is 12.7 Å². The number of benzene rings is 1. The third-order valence-electron chi connectivity index (χ3n) is 1.98. The van der Waals surface area contributed by atoms with Crippen LogP contribution in [0.5, 0.6) is 0 Å². The van der Waals surface area contributed by atoms with Gasteiger partial charge in [-0.05, 0) is 25.5 Å². The highest BCUT2D eigenvalue weighted by molar-refractivity contribution is 5.98. The first-order valence-corrected chi connectivity index (χ1v) is 4.65. The molecule has 1 aromatic carbocycles. The molecule has 0 saturated heterocycles. The molecule has 0 amide bonds. The molecule has 0 aromatic heterocycles. The number of aryl methyl sites for hydroxylation is 1. The minimum Gasteiger partial charge on any atom is -0.479 e. The number of carboxylic acids is 1. The van der Waals surface area contributed by atoms with Gasteiger partial charge in [0.25, 0.3) is 0 Å². The number of halogens is 1. The van der Waals surface area contributed by atoms with Crippen molar-refractivity contribution in [2.24, 2.45) is 5.16 Å². The van der Waals surface area contributed by atoms with Gasteiger partial charge in [0.15, 0.2) is 0 Å². The van der Waals surface area contributed by atoms with Gasteiger partial charge in [-0.1, -0.05) is 17.3 Å². The Morgan fingerprint density at radius 1 is 1.56 bits per heavy atom. The highest BCUT2D eigenvalue weighted by atomic mass is 19.1. The van der Waals surface area contributed by atoms with E-state index in [1.807, 2.05) is 0 Å². The third kappa shape index (κ3) is 3.34. The second kappa shape index (κ2) is 5.25. The van der Waals surface area contributed by atoms with Gasteiger partial charge in [0.05, 0.1) is 5.71 Å². The van der Waals surface area contributed by atoms with Crippen molar-refractivity contribution in [3.8, 4) is 0 Å². The van der Waals surface area contributed by atoms with Crippen molar-refractivity contribution < 1.29 is 19.1 Å². The predicted octanol–water partition coefficient (Wildman–Crippen LogP) is 1.96. The average Bonchev–Trinajstić information content (AvgIpc) is 2.21. The summed E-state index contributed by atoms with van der Waals surface area (Å²) in [6.45, 7) is 2.77. The normalized spacial score (nSPS) is 11.3. The first-order chi connectivity index (χ1) is 7.50. The lowest BCUT2D eigenvalue weighted by molar-refractivity contribution is -0.142. The molecule has 0 atom stereocenters. The molecule has 0 heterocycles. The molecule has 0 unspecified atom stereocenters. The van der Waals surface area contributed by atoms with E-state index in [4.69, 9.17) is 5.11 Å². The fourth-order valence-corrected chi connectivity index (χ4v) is 1.05. The summed E-state index contributed by atoms with van der Waals surface area (Å²) in [4.78, 5) is 14.7. The van der Waals surface area contributed by atoms with Crippen molar-refractivity contribution in [1.29, 1.82) is 0 Å². The third-order valence-corrected chi connectivity index (χ3v) is 1.98. The smallest absolute Gasteiger partial charge is 0.344 e. The van der Waals surface area contributed by atoms with E-state index in [9.17, 15) is 9.18 Å². The van der Waals surface area contributed by atoms with Gasteiger partial charge in [0.2, 0.25) is 6.61 Å². The summed E-state index contributed by atoms with van der Waals surface area (Å²) in [7, 11) is 0.